The van der Waals surface area contributed by atoms with Crippen molar-refractivity contribution in [2.24, 2.45) is 0 Å². The van der Waals surface area contributed by atoms with Crippen molar-refractivity contribution >= 4 is 44.1 Å². The fraction of sp³-hybridized carbons (Fsp3) is 0.267. The first-order valence-corrected chi connectivity index (χ1v) is 13.1. The normalized spacial score (nSPS) is 17.4. The van der Waals surface area contributed by atoms with Crippen LogP contribution in [0.4, 0.5) is 5.13 Å². The Morgan fingerprint density at radius 3 is 2.50 bits per heavy atom. The van der Waals surface area contributed by atoms with Gasteiger partial charge in [0.1, 0.15) is 17.6 Å². The van der Waals surface area contributed by atoms with E-state index < -0.39 is 17.7 Å². The number of anilines is 1. The highest BCUT2D eigenvalue weighted by molar-refractivity contribution is 7.22. The Morgan fingerprint density at radius 1 is 1.08 bits per heavy atom. The van der Waals surface area contributed by atoms with E-state index in [4.69, 9.17) is 9.72 Å². The summed E-state index contributed by atoms with van der Waals surface area (Å²) in [6.07, 6.45) is 1.60. The van der Waals surface area contributed by atoms with E-state index in [0.717, 1.165) is 26.9 Å². The number of hydrogen-bond donors (Lipinski definition) is 1. The van der Waals surface area contributed by atoms with Crippen LogP contribution in [0.1, 0.15) is 54.8 Å². The van der Waals surface area contributed by atoms with Crippen LogP contribution in [-0.2, 0) is 15.0 Å². The molecular formula is C30H29N3O4S. The highest BCUT2D eigenvalue weighted by atomic mass is 32.1. The zero-order valence-electron chi connectivity index (χ0n) is 22.2. The zero-order chi connectivity index (χ0) is 27.4. The number of carbonyl (C=O) groups excluding carboxylic acids is 2. The molecule has 38 heavy (non-hydrogen) atoms. The summed E-state index contributed by atoms with van der Waals surface area (Å²) in [5.74, 6) is -1.43. The third kappa shape index (κ3) is 4.24. The number of thiazole rings is 1. The van der Waals surface area contributed by atoms with E-state index in [-0.39, 0.29) is 16.7 Å². The number of Topliss-reactive ketones (excluding diaryl/α,β-unsaturated/α-hetero) is 1. The van der Waals surface area contributed by atoms with Gasteiger partial charge in [-0.3, -0.25) is 19.5 Å². The maximum absolute atomic E-state index is 13.6. The standard InChI is InChI=1S/C30H29N3O4S/c1-16-13-17(2)27(37-6)19(14-16)25(34)23-24(21-9-7-8-12-31-21)33(28(36)26(23)35)29-32-20-11-10-18(30(3,4)5)15-22(20)38-29/h7-15,24,34H,1-6H3/b25-23+. The van der Waals surface area contributed by atoms with Gasteiger partial charge in [-0.05, 0) is 66.3 Å². The van der Waals surface area contributed by atoms with E-state index in [0.29, 0.717) is 22.1 Å². The fourth-order valence-corrected chi connectivity index (χ4v) is 5.91. The molecule has 5 rings (SSSR count). The summed E-state index contributed by atoms with van der Waals surface area (Å²) in [6.45, 7) is 10.2. The molecule has 2 aromatic heterocycles. The maximum atomic E-state index is 13.6. The van der Waals surface area contributed by atoms with Crippen LogP contribution in [0.15, 0.2) is 60.3 Å². The lowest BCUT2D eigenvalue weighted by atomic mass is 9.87. The van der Waals surface area contributed by atoms with Gasteiger partial charge in [0, 0.05) is 6.20 Å². The van der Waals surface area contributed by atoms with E-state index >= 15 is 0 Å². The van der Waals surface area contributed by atoms with Crippen LogP contribution < -0.4 is 9.64 Å². The fourth-order valence-electron chi connectivity index (χ4n) is 4.88. The van der Waals surface area contributed by atoms with Gasteiger partial charge in [0.25, 0.3) is 5.78 Å². The highest BCUT2D eigenvalue weighted by Crippen LogP contribution is 2.45. The van der Waals surface area contributed by atoms with Gasteiger partial charge in [0.15, 0.2) is 5.13 Å². The molecule has 0 bridgehead atoms. The van der Waals surface area contributed by atoms with E-state index in [1.165, 1.54) is 23.3 Å². The first-order chi connectivity index (χ1) is 18.0. The number of ether oxygens (including phenoxy) is 1. The van der Waals surface area contributed by atoms with Crippen molar-refractivity contribution in [1.29, 1.82) is 0 Å². The lowest BCUT2D eigenvalue weighted by Crippen LogP contribution is -2.29. The van der Waals surface area contributed by atoms with Gasteiger partial charge in [-0.2, -0.15) is 0 Å². The van der Waals surface area contributed by atoms with Crippen molar-refractivity contribution in [3.05, 3.63) is 88.2 Å². The lowest BCUT2D eigenvalue weighted by Gasteiger charge is -2.22. The van der Waals surface area contributed by atoms with Gasteiger partial charge in [0.05, 0.1) is 34.2 Å². The number of ketones is 1. The van der Waals surface area contributed by atoms with Crippen LogP contribution >= 0.6 is 11.3 Å². The first-order valence-electron chi connectivity index (χ1n) is 12.3. The quantitative estimate of drug-likeness (QED) is 0.192. The van der Waals surface area contributed by atoms with Gasteiger partial charge in [-0.25, -0.2) is 4.98 Å². The Balaban J connectivity index is 1.74. The van der Waals surface area contributed by atoms with Crippen molar-refractivity contribution in [1.82, 2.24) is 9.97 Å². The summed E-state index contributed by atoms with van der Waals surface area (Å²) in [5, 5.41) is 12.0. The van der Waals surface area contributed by atoms with Gasteiger partial charge in [-0.1, -0.05) is 50.3 Å². The molecule has 194 valence electrons. The topological polar surface area (TPSA) is 92.6 Å². The second kappa shape index (κ2) is 9.36. The monoisotopic (exact) mass is 527 g/mol. The molecule has 3 heterocycles. The summed E-state index contributed by atoms with van der Waals surface area (Å²) >= 11 is 1.34. The Hall–Kier alpha value is -4.04. The lowest BCUT2D eigenvalue weighted by molar-refractivity contribution is -0.132. The Bertz CT molecular complexity index is 1620. The van der Waals surface area contributed by atoms with Gasteiger partial charge in [0.2, 0.25) is 0 Å². The van der Waals surface area contributed by atoms with E-state index in [9.17, 15) is 14.7 Å². The molecular weight excluding hydrogens is 498 g/mol. The molecule has 1 amide bonds. The summed E-state index contributed by atoms with van der Waals surface area (Å²) in [6, 6.07) is 14.0. The summed E-state index contributed by atoms with van der Waals surface area (Å²) in [7, 11) is 1.51. The maximum Gasteiger partial charge on any atom is 0.301 e. The van der Waals surface area contributed by atoms with E-state index in [1.807, 2.05) is 32.0 Å². The number of carbonyl (C=O) groups is 2. The minimum Gasteiger partial charge on any atom is -0.507 e. The zero-order valence-corrected chi connectivity index (χ0v) is 23.0. The third-order valence-electron chi connectivity index (χ3n) is 6.74. The van der Waals surface area contributed by atoms with Crippen molar-refractivity contribution < 1.29 is 19.4 Å². The first kappa shape index (κ1) is 25.6. The van der Waals surface area contributed by atoms with E-state index in [1.54, 1.807) is 30.5 Å². The molecule has 0 spiro atoms. The van der Waals surface area contributed by atoms with Crippen molar-refractivity contribution in [2.75, 3.05) is 12.0 Å². The molecule has 1 fully saturated rings. The van der Waals surface area contributed by atoms with Crippen molar-refractivity contribution in [2.45, 2.75) is 46.1 Å². The second-order valence-electron chi connectivity index (χ2n) is 10.5. The molecule has 1 N–H and O–H groups in total. The number of aromatic nitrogens is 2. The van der Waals surface area contributed by atoms with Crippen LogP contribution in [0, 0.1) is 13.8 Å². The minimum absolute atomic E-state index is 0.0494. The third-order valence-corrected chi connectivity index (χ3v) is 7.76. The van der Waals surface area contributed by atoms with Crippen LogP contribution in [0.5, 0.6) is 5.75 Å². The molecule has 1 saturated heterocycles. The Kier molecular flexibility index (Phi) is 6.31. The smallest absolute Gasteiger partial charge is 0.301 e. The predicted molar refractivity (Wildman–Crippen MR) is 150 cm³/mol. The van der Waals surface area contributed by atoms with Crippen molar-refractivity contribution in [3.8, 4) is 5.75 Å². The Labute approximate surface area is 225 Å². The van der Waals surface area contributed by atoms with Crippen LogP contribution in [-0.4, -0.2) is 33.9 Å². The number of aryl methyl sites for hydroxylation is 2. The molecule has 1 aliphatic rings. The number of pyridine rings is 1. The Morgan fingerprint density at radius 2 is 1.84 bits per heavy atom. The number of aliphatic hydroxyl groups excluding tert-OH is 1. The van der Waals surface area contributed by atoms with Gasteiger partial charge in [-0.15, -0.1) is 0 Å². The molecule has 1 aliphatic heterocycles. The molecule has 1 unspecified atom stereocenters. The number of methoxy groups -OCH3 is 1. The number of hydrogen-bond acceptors (Lipinski definition) is 7. The largest absolute Gasteiger partial charge is 0.507 e. The molecule has 1 atom stereocenters. The number of benzene rings is 2. The molecule has 0 radical (unpaired) electrons. The average molecular weight is 528 g/mol. The molecule has 4 aromatic rings. The average Bonchev–Trinajstić information content (AvgIpc) is 3.41. The van der Waals surface area contributed by atoms with E-state index in [2.05, 4.69) is 31.8 Å². The van der Waals surface area contributed by atoms with Crippen LogP contribution in [0.25, 0.3) is 16.0 Å². The van der Waals surface area contributed by atoms with Crippen LogP contribution in [0.3, 0.4) is 0 Å². The minimum atomic E-state index is -0.954. The number of aliphatic hydroxyl groups is 1. The highest BCUT2D eigenvalue weighted by Gasteiger charge is 2.49. The van der Waals surface area contributed by atoms with Gasteiger partial charge >= 0.3 is 5.91 Å². The second-order valence-corrected chi connectivity index (χ2v) is 11.5. The molecule has 7 nitrogen and oxygen atoms in total. The number of nitrogens with zero attached hydrogens (tertiary/aromatic N) is 3. The molecule has 2 aromatic carbocycles. The number of fused-ring (bicyclic) bond motifs is 1. The SMILES string of the molecule is COc1c(C)cc(C)cc1/C(O)=C1\C(=O)C(=O)N(c2nc3ccc(C(C)(C)C)cc3s2)C1c1ccccn1. The van der Waals surface area contributed by atoms with Crippen molar-refractivity contribution in [3.63, 3.8) is 0 Å². The predicted octanol–water partition coefficient (Wildman–Crippen LogP) is 6.24. The van der Waals surface area contributed by atoms with Gasteiger partial charge < -0.3 is 9.84 Å². The number of amides is 1. The molecule has 0 saturated carbocycles. The summed E-state index contributed by atoms with van der Waals surface area (Å²) in [4.78, 5) is 37.7. The number of rotatable bonds is 4. The van der Waals surface area contributed by atoms with Crippen LogP contribution in [0.2, 0.25) is 0 Å². The summed E-state index contributed by atoms with van der Waals surface area (Å²) in [5.41, 5.74) is 4.26. The molecule has 0 aliphatic carbocycles. The molecule has 8 heteroatoms. The summed E-state index contributed by atoms with van der Waals surface area (Å²) < 4.78 is 6.48.